The lowest BCUT2D eigenvalue weighted by Crippen LogP contribution is -1.98. The second kappa shape index (κ2) is 7.35. The normalized spacial score (nSPS) is 16.3. The molecule has 0 rings (SSSR count). The van der Waals surface area contributed by atoms with E-state index in [1.807, 2.05) is 0 Å². The first kappa shape index (κ1) is 16.0. The van der Waals surface area contributed by atoms with E-state index in [0.29, 0.717) is 11.5 Å². The van der Waals surface area contributed by atoms with Gasteiger partial charge in [-0.05, 0) is 12.2 Å². The lowest BCUT2D eigenvalue weighted by atomic mass is 10.6. The van der Waals surface area contributed by atoms with Gasteiger partial charge in [-0.3, -0.25) is 9.13 Å². The second-order valence-corrected chi connectivity index (χ2v) is 7.91. The Morgan fingerprint density at radius 1 is 1.20 bits per heavy atom. The molecule has 0 bridgehead atoms. The highest BCUT2D eigenvalue weighted by atomic mass is 32.2. The van der Waals surface area contributed by atoms with E-state index in [2.05, 4.69) is 16.6 Å². The molecule has 15 heavy (non-hydrogen) atoms. The molecule has 0 saturated heterocycles. The van der Waals surface area contributed by atoms with Crippen molar-refractivity contribution in [2.75, 3.05) is 23.8 Å². The molecule has 10 heteroatoms. The highest BCUT2D eigenvalue weighted by Crippen LogP contribution is 2.49. The molecule has 0 aliphatic rings. The van der Waals surface area contributed by atoms with E-state index in [1.165, 1.54) is 0 Å². The first-order chi connectivity index (χ1) is 6.77. The van der Waals surface area contributed by atoms with Crippen molar-refractivity contribution in [1.82, 2.24) is 0 Å². The summed E-state index contributed by atoms with van der Waals surface area (Å²) in [6, 6.07) is 0. The Labute approximate surface area is 98.1 Å². The van der Waals surface area contributed by atoms with Crippen LogP contribution in [0.15, 0.2) is 0 Å². The highest BCUT2D eigenvalue weighted by molar-refractivity contribution is 7.98. The Kier molecular flexibility index (Phi) is 7.84. The standard InChI is InChI=1S/C5H14O6P2S2/c6-12(7,8)2-3-13(9,10)11-15-5-1-4-14/h14H,1-5H2,(H,9,10)(H2,6,7,8). The van der Waals surface area contributed by atoms with Crippen LogP contribution in [0, 0.1) is 0 Å². The van der Waals surface area contributed by atoms with Gasteiger partial charge in [0.05, 0.1) is 12.3 Å². The molecule has 1 unspecified atom stereocenters. The highest BCUT2D eigenvalue weighted by Gasteiger charge is 2.25. The maximum absolute atomic E-state index is 11.2. The molecule has 0 heterocycles. The van der Waals surface area contributed by atoms with Crippen LogP contribution in [0.3, 0.4) is 0 Å². The summed E-state index contributed by atoms with van der Waals surface area (Å²) < 4.78 is 26.2. The Morgan fingerprint density at radius 2 is 1.80 bits per heavy atom. The molecule has 0 aromatic rings. The molecule has 1 atom stereocenters. The summed E-state index contributed by atoms with van der Waals surface area (Å²) in [7, 11) is -8.12. The molecule has 0 radical (unpaired) electrons. The van der Waals surface area contributed by atoms with Crippen LogP contribution in [-0.2, 0) is 13.1 Å². The maximum atomic E-state index is 11.2. The molecule has 0 aliphatic carbocycles. The fourth-order valence-electron chi connectivity index (χ4n) is 0.537. The third-order valence-corrected chi connectivity index (χ3v) is 5.30. The number of thiol groups is 1. The molecule has 0 amide bonds. The van der Waals surface area contributed by atoms with E-state index in [1.54, 1.807) is 0 Å². The van der Waals surface area contributed by atoms with Gasteiger partial charge in [0.2, 0.25) is 0 Å². The smallest absolute Gasteiger partial charge is 0.324 e. The first-order valence-electron chi connectivity index (χ1n) is 4.05. The van der Waals surface area contributed by atoms with Crippen LogP contribution >= 0.6 is 39.9 Å². The van der Waals surface area contributed by atoms with Gasteiger partial charge in [-0.25, -0.2) is 3.97 Å². The average molecular weight is 296 g/mol. The van der Waals surface area contributed by atoms with Gasteiger partial charge in [-0.15, -0.1) is 0 Å². The average Bonchev–Trinajstić information content (AvgIpc) is 2.09. The van der Waals surface area contributed by atoms with Crippen molar-refractivity contribution in [2.45, 2.75) is 6.42 Å². The Balaban J connectivity index is 3.77. The Hall–Kier alpha value is 1.000. The Bertz CT molecular complexity index is 266. The molecular weight excluding hydrogens is 282 g/mol. The first-order valence-corrected chi connectivity index (χ1v) is 9.16. The molecule has 92 valence electrons. The van der Waals surface area contributed by atoms with E-state index < -0.39 is 27.5 Å². The van der Waals surface area contributed by atoms with Gasteiger partial charge in [0, 0.05) is 17.8 Å². The zero-order chi connectivity index (χ0) is 11.9. The summed E-state index contributed by atoms with van der Waals surface area (Å²) in [5, 5.41) is 0. The van der Waals surface area contributed by atoms with E-state index in [9.17, 15) is 9.13 Å². The summed E-state index contributed by atoms with van der Waals surface area (Å²) in [5.41, 5.74) is 0. The molecule has 3 N–H and O–H groups in total. The van der Waals surface area contributed by atoms with Crippen molar-refractivity contribution in [3.05, 3.63) is 0 Å². The van der Waals surface area contributed by atoms with Gasteiger partial charge in [0.25, 0.3) is 0 Å². The minimum atomic E-state index is -4.24. The number of hydrogen-bond donors (Lipinski definition) is 4. The quantitative estimate of drug-likeness (QED) is 0.232. The van der Waals surface area contributed by atoms with Crippen molar-refractivity contribution in [2.24, 2.45) is 0 Å². The van der Waals surface area contributed by atoms with E-state index >= 15 is 0 Å². The van der Waals surface area contributed by atoms with Crippen LogP contribution in [0.4, 0.5) is 0 Å². The summed E-state index contributed by atoms with van der Waals surface area (Å²) >= 11 is 4.76. The van der Waals surface area contributed by atoms with Crippen molar-refractivity contribution in [3.8, 4) is 0 Å². The topological polar surface area (TPSA) is 104 Å². The molecule has 0 aromatic heterocycles. The summed E-state index contributed by atoms with van der Waals surface area (Å²) in [6.45, 7) is 0. The van der Waals surface area contributed by atoms with Gasteiger partial charge < -0.3 is 14.7 Å². The molecule has 0 fully saturated rings. The van der Waals surface area contributed by atoms with E-state index in [-0.39, 0.29) is 0 Å². The maximum Gasteiger partial charge on any atom is 0.339 e. The third-order valence-electron chi connectivity index (χ3n) is 1.23. The van der Waals surface area contributed by atoms with Crippen LogP contribution in [0.1, 0.15) is 6.42 Å². The van der Waals surface area contributed by atoms with Gasteiger partial charge in [-0.1, -0.05) is 0 Å². The lowest BCUT2D eigenvalue weighted by Gasteiger charge is -2.10. The molecule has 0 saturated carbocycles. The predicted octanol–water partition coefficient (Wildman–Crippen LogP) is 1.33. The van der Waals surface area contributed by atoms with Gasteiger partial charge in [0.15, 0.2) is 0 Å². The van der Waals surface area contributed by atoms with Gasteiger partial charge in [-0.2, -0.15) is 12.6 Å². The summed E-state index contributed by atoms with van der Waals surface area (Å²) in [5.74, 6) is 1.17. The summed E-state index contributed by atoms with van der Waals surface area (Å²) in [4.78, 5) is 26.1. The van der Waals surface area contributed by atoms with Crippen molar-refractivity contribution in [3.63, 3.8) is 0 Å². The SMILES string of the molecule is O=P(O)(O)CCP(=O)(O)OSCCCS. The van der Waals surface area contributed by atoms with Crippen molar-refractivity contribution < 1.29 is 27.8 Å². The fraction of sp³-hybridized carbons (Fsp3) is 1.00. The van der Waals surface area contributed by atoms with Gasteiger partial charge >= 0.3 is 15.2 Å². The van der Waals surface area contributed by atoms with E-state index in [4.69, 9.17) is 14.7 Å². The largest absolute Gasteiger partial charge is 0.339 e. The second-order valence-electron chi connectivity index (χ2n) is 2.72. The van der Waals surface area contributed by atoms with E-state index in [0.717, 1.165) is 18.5 Å². The number of hydrogen-bond acceptors (Lipinski definition) is 5. The zero-order valence-corrected chi connectivity index (χ0v) is 11.4. The molecular formula is C5H14O6P2S2. The molecule has 6 nitrogen and oxygen atoms in total. The minimum Gasteiger partial charge on any atom is -0.324 e. The fourth-order valence-corrected chi connectivity index (χ4v) is 4.48. The molecule has 0 aliphatic heterocycles. The van der Waals surface area contributed by atoms with Crippen LogP contribution < -0.4 is 0 Å². The minimum absolute atomic E-state index is 0.518. The Morgan fingerprint density at radius 3 is 2.27 bits per heavy atom. The van der Waals surface area contributed by atoms with Crippen LogP contribution in [0.25, 0.3) is 0 Å². The number of rotatable bonds is 8. The summed E-state index contributed by atoms with van der Waals surface area (Å²) in [6.07, 6.45) is -0.453. The zero-order valence-electron chi connectivity index (χ0n) is 7.85. The van der Waals surface area contributed by atoms with Crippen molar-refractivity contribution in [1.29, 1.82) is 0 Å². The molecule has 0 aromatic carbocycles. The predicted molar refractivity (Wildman–Crippen MR) is 63.6 cm³/mol. The molecule has 0 spiro atoms. The lowest BCUT2D eigenvalue weighted by molar-refractivity contribution is 0.368. The van der Waals surface area contributed by atoms with Crippen LogP contribution in [0.2, 0.25) is 0 Å². The van der Waals surface area contributed by atoms with Gasteiger partial charge in [0.1, 0.15) is 0 Å². The van der Waals surface area contributed by atoms with Crippen molar-refractivity contribution >= 4 is 39.9 Å². The van der Waals surface area contributed by atoms with Crippen LogP contribution in [0.5, 0.6) is 0 Å². The monoisotopic (exact) mass is 296 g/mol. The van der Waals surface area contributed by atoms with Crippen LogP contribution in [-0.4, -0.2) is 38.5 Å². The third kappa shape index (κ3) is 11.3.